The molecule has 0 aromatic heterocycles. The van der Waals surface area contributed by atoms with Gasteiger partial charge in [0.1, 0.15) is 18.5 Å². The number of allylic oxidation sites excluding steroid dienone is 1. The number of aliphatic hydroxyl groups excluding tert-OH is 1. The zero-order chi connectivity index (χ0) is 32.3. The van der Waals surface area contributed by atoms with Gasteiger partial charge in [-0.05, 0) is 103 Å². The molecule has 0 heterocycles. The molecule has 9 heteroatoms. The van der Waals surface area contributed by atoms with Crippen molar-refractivity contribution in [2.75, 3.05) is 33.4 Å². The molecule has 2 aliphatic rings. The zero-order valence-electron chi connectivity index (χ0n) is 26.8. The molecule has 4 rings (SSSR count). The molecule has 2 aliphatic carbocycles. The van der Waals surface area contributed by atoms with Crippen molar-refractivity contribution in [3.8, 4) is 23.0 Å². The van der Waals surface area contributed by atoms with Gasteiger partial charge in [0.15, 0.2) is 23.0 Å². The SMILES string of the molecule is CCCNCC1=C[C@@H]2CCCC[C@@H]2[C@@H](CC(=O)C[C@@H](CCc2ccc(O)c(OCCO)c2)OC(C)=O)c2cc(OC)c(O)cc21. The fourth-order valence-electron chi connectivity index (χ4n) is 6.95. The number of phenolic OH excluding ortho intramolecular Hbond substituents is 2. The number of hydrogen-bond acceptors (Lipinski definition) is 9. The topological polar surface area (TPSA) is 135 Å². The van der Waals surface area contributed by atoms with Crippen LogP contribution < -0.4 is 14.8 Å². The van der Waals surface area contributed by atoms with Gasteiger partial charge in [0, 0.05) is 26.3 Å². The smallest absolute Gasteiger partial charge is 0.302 e. The minimum atomic E-state index is -0.598. The van der Waals surface area contributed by atoms with Crippen molar-refractivity contribution in [2.45, 2.75) is 83.7 Å². The van der Waals surface area contributed by atoms with Gasteiger partial charge in [0.2, 0.25) is 0 Å². The monoisotopic (exact) mass is 623 g/mol. The van der Waals surface area contributed by atoms with Gasteiger partial charge in [-0.15, -0.1) is 0 Å². The molecule has 2 aromatic carbocycles. The number of Topliss-reactive ketones (excluding diaryl/α,β-unsaturated/α-hetero) is 1. The van der Waals surface area contributed by atoms with E-state index in [0.29, 0.717) is 37.5 Å². The summed E-state index contributed by atoms with van der Waals surface area (Å²) in [4.78, 5) is 25.9. The van der Waals surface area contributed by atoms with Crippen molar-refractivity contribution in [1.29, 1.82) is 0 Å². The number of carbonyl (C=O) groups is 2. The van der Waals surface area contributed by atoms with Gasteiger partial charge in [-0.1, -0.05) is 31.9 Å². The van der Waals surface area contributed by atoms with E-state index in [1.54, 1.807) is 25.3 Å². The predicted octanol–water partition coefficient (Wildman–Crippen LogP) is 5.68. The van der Waals surface area contributed by atoms with Crippen LogP contribution >= 0.6 is 0 Å². The molecule has 9 nitrogen and oxygen atoms in total. The van der Waals surface area contributed by atoms with Gasteiger partial charge < -0.3 is 34.8 Å². The van der Waals surface area contributed by atoms with Gasteiger partial charge in [-0.2, -0.15) is 0 Å². The lowest BCUT2D eigenvalue weighted by atomic mass is 9.69. The van der Waals surface area contributed by atoms with E-state index >= 15 is 0 Å². The molecule has 0 radical (unpaired) electrons. The minimum absolute atomic E-state index is 0.0210. The van der Waals surface area contributed by atoms with Crippen molar-refractivity contribution in [1.82, 2.24) is 5.32 Å². The molecule has 4 atom stereocenters. The lowest BCUT2D eigenvalue weighted by Gasteiger charge is -2.35. The number of esters is 1. The van der Waals surface area contributed by atoms with E-state index in [1.165, 1.54) is 13.0 Å². The first-order valence-electron chi connectivity index (χ1n) is 16.3. The Balaban J connectivity index is 1.57. The first-order valence-corrected chi connectivity index (χ1v) is 16.3. The van der Waals surface area contributed by atoms with Gasteiger partial charge in [-0.3, -0.25) is 9.59 Å². The molecule has 45 heavy (non-hydrogen) atoms. The van der Waals surface area contributed by atoms with Crippen molar-refractivity contribution in [3.05, 3.63) is 53.1 Å². The molecule has 0 unspecified atom stereocenters. The van der Waals surface area contributed by atoms with Crippen LogP contribution in [0.25, 0.3) is 5.57 Å². The third-order valence-electron chi connectivity index (χ3n) is 9.01. The van der Waals surface area contributed by atoms with E-state index in [4.69, 9.17) is 19.3 Å². The Bertz CT molecular complexity index is 1340. The van der Waals surface area contributed by atoms with Crippen LogP contribution in [-0.4, -0.2) is 66.6 Å². The van der Waals surface area contributed by atoms with E-state index in [-0.39, 0.29) is 54.5 Å². The summed E-state index contributed by atoms with van der Waals surface area (Å²) in [7, 11) is 1.54. The van der Waals surface area contributed by atoms with Gasteiger partial charge >= 0.3 is 5.97 Å². The number of rotatable bonds is 16. The second-order valence-corrected chi connectivity index (χ2v) is 12.3. The Morgan fingerprint density at radius 2 is 1.87 bits per heavy atom. The van der Waals surface area contributed by atoms with Crippen LogP contribution in [0.15, 0.2) is 36.4 Å². The number of hydrogen-bond donors (Lipinski definition) is 4. The van der Waals surface area contributed by atoms with Crippen LogP contribution in [0.1, 0.15) is 87.8 Å². The number of aliphatic hydroxyl groups is 1. The Kier molecular flexibility index (Phi) is 12.7. The van der Waals surface area contributed by atoms with Crippen LogP contribution in [0, 0.1) is 11.8 Å². The minimum Gasteiger partial charge on any atom is -0.504 e. The maximum Gasteiger partial charge on any atom is 0.302 e. The lowest BCUT2D eigenvalue weighted by molar-refractivity contribution is -0.147. The average molecular weight is 624 g/mol. The normalized spacial score (nSPS) is 19.8. The quantitative estimate of drug-likeness (QED) is 0.138. The fourth-order valence-corrected chi connectivity index (χ4v) is 6.95. The first-order chi connectivity index (χ1) is 21.7. The molecule has 0 spiro atoms. The Hall–Kier alpha value is -3.56. The van der Waals surface area contributed by atoms with E-state index in [1.807, 2.05) is 6.07 Å². The van der Waals surface area contributed by atoms with Gasteiger partial charge in [0.05, 0.1) is 13.7 Å². The van der Waals surface area contributed by atoms with E-state index in [2.05, 4.69) is 18.3 Å². The highest BCUT2D eigenvalue weighted by atomic mass is 16.5. The number of aryl methyl sites for hydroxylation is 1. The number of aromatic hydroxyl groups is 2. The molecule has 0 saturated heterocycles. The first kappa shape index (κ1) is 34.3. The highest BCUT2D eigenvalue weighted by Crippen LogP contribution is 2.50. The van der Waals surface area contributed by atoms with Crippen LogP contribution in [0.5, 0.6) is 23.0 Å². The summed E-state index contributed by atoms with van der Waals surface area (Å²) in [6.07, 6.45) is 8.49. The zero-order valence-corrected chi connectivity index (χ0v) is 26.8. The number of ether oxygens (including phenoxy) is 3. The lowest BCUT2D eigenvalue weighted by Crippen LogP contribution is -2.27. The molecule has 1 fully saturated rings. The Morgan fingerprint density at radius 3 is 2.60 bits per heavy atom. The number of phenols is 2. The second-order valence-electron chi connectivity index (χ2n) is 12.3. The van der Waals surface area contributed by atoms with Gasteiger partial charge in [-0.25, -0.2) is 0 Å². The molecule has 0 bridgehead atoms. The summed E-state index contributed by atoms with van der Waals surface area (Å²) in [6.45, 7) is 4.96. The largest absolute Gasteiger partial charge is 0.504 e. The maximum absolute atomic E-state index is 13.9. The molecule has 4 N–H and O–H groups in total. The van der Waals surface area contributed by atoms with Crippen molar-refractivity contribution in [3.63, 3.8) is 0 Å². The van der Waals surface area contributed by atoms with Crippen molar-refractivity contribution >= 4 is 17.3 Å². The van der Waals surface area contributed by atoms with Crippen LogP contribution in [0.2, 0.25) is 0 Å². The third-order valence-corrected chi connectivity index (χ3v) is 9.01. The van der Waals surface area contributed by atoms with Crippen molar-refractivity contribution in [2.24, 2.45) is 11.8 Å². The average Bonchev–Trinajstić information content (AvgIpc) is 3.13. The Labute approximate surface area is 266 Å². The standard InChI is InChI=1S/C36H49NO8/c1-4-13-37-22-26-17-25-7-5-6-8-29(25)31(32-21-35(43-3)34(42)20-30(26)32)19-27(40)18-28(45-23(2)39)11-9-24-10-12-33(41)36(16-24)44-15-14-38/h10,12,16-17,20-21,25,28-29,31,37-38,41-42H,4-9,11,13-15,18-19,22H2,1-3H3/t25-,28+,29-,31+/m0/s1. The van der Waals surface area contributed by atoms with Crippen LogP contribution in [0.3, 0.4) is 0 Å². The van der Waals surface area contributed by atoms with E-state index < -0.39 is 12.1 Å². The van der Waals surface area contributed by atoms with E-state index in [0.717, 1.165) is 60.9 Å². The number of ketones is 1. The predicted molar refractivity (Wildman–Crippen MR) is 173 cm³/mol. The summed E-state index contributed by atoms with van der Waals surface area (Å²) >= 11 is 0. The second kappa shape index (κ2) is 16.7. The molecule has 0 aliphatic heterocycles. The number of benzene rings is 2. The summed E-state index contributed by atoms with van der Waals surface area (Å²) in [5.41, 5.74) is 4.00. The molecule has 246 valence electrons. The number of methoxy groups -OCH3 is 1. The number of nitrogens with one attached hydrogen (secondary N) is 1. The van der Waals surface area contributed by atoms with Crippen molar-refractivity contribution < 1.29 is 39.1 Å². The Morgan fingerprint density at radius 1 is 1.07 bits per heavy atom. The third kappa shape index (κ3) is 9.23. The number of carbonyl (C=O) groups excluding carboxylic acids is 2. The van der Waals surface area contributed by atoms with E-state index in [9.17, 15) is 19.8 Å². The van der Waals surface area contributed by atoms with Crippen LogP contribution in [-0.2, 0) is 20.7 Å². The highest BCUT2D eigenvalue weighted by molar-refractivity contribution is 5.82. The molecular formula is C36H49NO8. The molecule has 2 aromatic rings. The molecule has 0 amide bonds. The maximum atomic E-state index is 13.9. The summed E-state index contributed by atoms with van der Waals surface area (Å²) in [5.74, 6) is 0.871. The highest BCUT2D eigenvalue weighted by Gasteiger charge is 2.38. The molecule has 1 saturated carbocycles. The molecular weight excluding hydrogens is 574 g/mol. The fraction of sp³-hybridized carbons (Fsp3) is 0.556. The summed E-state index contributed by atoms with van der Waals surface area (Å²) in [6, 6.07) is 8.71. The van der Waals surface area contributed by atoms with Gasteiger partial charge in [0.25, 0.3) is 0 Å². The number of fused-ring (bicyclic) bond motifs is 2. The summed E-state index contributed by atoms with van der Waals surface area (Å²) < 4.78 is 16.6. The summed E-state index contributed by atoms with van der Waals surface area (Å²) in [5, 5.41) is 33.5. The van der Waals surface area contributed by atoms with Crippen LogP contribution in [0.4, 0.5) is 0 Å².